The molecule has 15 heavy (non-hydrogen) atoms. The maximum absolute atomic E-state index is 11.4. The zero-order valence-electron chi connectivity index (χ0n) is 9.25. The highest BCUT2D eigenvalue weighted by Crippen LogP contribution is 2.12. The van der Waals surface area contributed by atoms with Crippen LogP contribution in [0.25, 0.3) is 0 Å². The van der Waals surface area contributed by atoms with Crippen LogP contribution in [0.4, 0.5) is 0 Å². The molecule has 0 aromatic carbocycles. The Morgan fingerprint density at radius 2 is 2.00 bits per heavy atom. The van der Waals surface area contributed by atoms with Crippen LogP contribution in [-0.4, -0.2) is 17.4 Å². The minimum Gasteiger partial charge on any atom is -0.454 e. The molecule has 0 heterocycles. The summed E-state index contributed by atoms with van der Waals surface area (Å²) in [4.78, 5) is 11.4. The molecule has 0 radical (unpaired) electrons. The summed E-state index contributed by atoms with van der Waals surface area (Å²) in [7, 11) is 0. The molecule has 0 amide bonds. The van der Waals surface area contributed by atoms with E-state index < -0.39 is 0 Å². The molecule has 2 nitrogen and oxygen atoms in total. The Hall–Kier alpha value is -0.570. The topological polar surface area (TPSA) is 26.3 Å². The van der Waals surface area contributed by atoms with E-state index in [-0.39, 0.29) is 12.1 Å². The van der Waals surface area contributed by atoms with E-state index in [9.17, 15) is 4.79 Å². The van der Waals surface area contributed by atoms with Crippen LogP contribution in [0.1, 0.15) is 26.2 Å². The van der Waals surface area contributed by atoms with Crippen molar-refractivity contribution in [1.82, 2.24) is 0 Å². The summed E-state index contributed by atoms with van der Waals surface area (Å²) in [6, 6.07) is 0. The smallest absolute Gasteiger partial charge is 0.306 e. The first kappa shape index (κ1) is 14.4. The fraction of sp³-hybridized carbons (Fsp3) is 0.583. The number of esters is 1. The van der Waals surface area contributed by atoms with Gasteiger partial charge in [-0.2, -0.15) is 0 Å². The van der Waals surface area contributed by atoms with Crippen LogP contribution in [0, 0.1) is 5.92 Å². The number of rotatable bonds is 8. The molecule has 0 aromatic rings. The maximum atomic E-state index is 11.4. The summed E-state index contributed by atoms with van der Waals surface area (Å²) in [6.07, 6.45) is 5.18. The van der Waals surface area contributed by atoms with Crippen LogP contribution >= 0.6 is 15.9 Å². The van der Waals surface area contributed by atoms with Crippen molar-refractivity contribution < 1.29 is 9.53 Å². The Labute approximate surface area is 101 Å². The van der Waals surface area contributed by atoms with E-state index in [1.165, 1.54) is 0 Å². The molecule has 0 aliphatic carbocycles. The number of ether oxygens (including phenoxy) is 1. The number of carbonyl (C=O) groups is 1. The Morgan fingerprint density at radius 3 is 2.47 bits per heavy atom. The summed E-state index contributed by atoms with van der Waals surface area (Å²) in [5.41, 5.74) is 0. The summed E-state index contributed by atoms with van der Waals surface area (Å²) >= 11 is 3.38. The second kappa shape index (κ2) is 8.72. The molecule has 0 aliphatic rings. The zero-order valence-corrected chi connectivity index (χ0v) is 10.8. The fourth-order valence-electron chi connectivity index (χ4n) is 1.10. The molecular formula is C12H19BrO2. The van der Waals surface area contributed by atoms with Gasteiger partial charge in [0.1, 0.15) is 6.10 Å². The van der Waals surface area contributed by atoms with E-state index in [2.05, 4.69) is 36.0 Å². The molecule has 0 saturated carbocycles. The molecule has 1 atom stereocenters. The third-order valence-electron chi connectivity index (χ3n) is 2.18. The monoisotopic (exact) mass is 274 g/mol. The predicted octanol–water partition coefficient (Wildman–Crippen LogP) is 3.47. The van der Waals surface area contributed by atoms with Gasteiger partial charge in [0.25, 0.3) is 0 Å². The first-order chi connectivity index (χ1) is 7.13. The lowest BCUT2D eigenvalue weighted by Gasteiger charge is -2.11. The number of hydrogen-bond donors (Lipinski definition) is 0. The lowest BCUT2D eigenvalue weighted by Crippen LogP contribution is -2.14. The second-order valence-electron chi connectivity index (χ2n) is 3.55. The fourth-order valence-corrected chi connectivity index (χ4v) is 1.88. The van der Waals surface area contributed by atoms with Gasteiger partial charge in [-0.25, -0.2) is 0 Å². The minimum atomic E-state index is -0.357. The van der Waals surface area contributed by atoms with Gasteiger partial charge < -0.3 is 4.74 Å². The average molecular weight is 275 g/mol. The summed E-state index contributed by atoms with van der Waals surface area (Å²) in [5, 5.41) is 0.977. The standard InChI is InChI=1S/C12H19BrO2/c1-4-11(5-2)15-12(14)7-6-10(3)8-9-13/h4-5,10-11H,1-2,6-9H2,3H3/t10-/m0/s1. The van der Waals surface area contributed by atoms with Gasteiger partial charge in [-0.3, -0.25) is 4.79 Å². The molecule has 3 heteroatoms. The molecular weight excluding hydrogens is 256 g/mol. The molecule has 0 aromatic heterocycles. The van der Waals surface area contributed by atoms with Gasteiger partial charge in [-0.1, -0.05) is 36.0 Å². The molecule has 0 saturated heterocycles. The van der Waals surface area contributed by atoms with E-state index in [0.717, 1.165) is 18.2 Å². The van der Waals surface area contributed by atoms with Crippen molar-refractivity contribution in [1.29, 1.82) is 0 Å². The Kier molecular flexibility index (Phi) is 8.38. The van der Waals surface area contributed by atoms with Crippen molar-refractivity contribution in [3.8, 4) is 0 Å². The van der Waals surface area contributed by atoms with Gasteiger partial charge >= 0.3 is 5.97 Å². The van der Waals surface area contributed by atoms with Crippen LogP contribution in [0.2, 0.25) is 0 Å². The highest BCUT2D eigenvalue weighted by molar-refractivity contribution is 9.09. The van der Waals surface area contributed by atoms with Crippen molar-refractivity contribution in [3.05, 3.63) is 25.3 Å². The molecule has 0 spiro atoms. The molecule has 0 fully saturated rings. The number of carbonyl (C=O) groups excluding carboxylic acids is 1. The van der Waals surface area contributed by atoms with Gasteiger partial charge in [0.05, 0.1) is 0 Å². The van der Waals surface area contributed by atoms with Crippen LogP contribution in [0.5, 0.6) is 0 Å². The normalized spacial score (nSPS) is 12.2. The number of hydrogen-bond acceptors (Lipinski definition) is 2. The van der Waals surface area contributed by atoms with Gasteiger partial charge in [0.2, 0.25) is 0 Å². The molecule has 0 N–H and O–H groups in total. The van der Waals surface area contributed by atoms with E-state index in [1.54, 1.807) is 12.2 Å². The molecule has 0 rings (SSSR count). The lowest BCUT2D eigenvalue weighted by molar-refractivity contribution is -0.145. The summed E-state index contributed by atoms with van der Waals surface area (Å²) < 4.78 is 5.09. The quantitative estimate of drug-likeness (QED) is 0.385. The SMILES string of the molecule is C=CC(C=C)OC(=O)CC[C@H](C)CCBr. The van der Waals surface area contributed by atoms with Gasteiger partial charge in [0, 0.05) is 11.8 Å². The van der Waals surface area contributed by atoms with E-state index in [0.29, 0.717) is 12.3 Å². The van der Waals surface area contributed by atoms with Crippen molar-refractivity contribution in [2.45, 2.75) is 32.3 Å². The van der Waals surface area contributed by atoms with E-state index in [4.69, 9.17) is 4.74 Å². The first-order valence-corrected chi connectivity index (χ1v) is 6.26. The molecule has 0 unspecified atom stereocenters. The predicted molar refractivity (Wildman–Crippen MR) is 67.1 cm³/mol. The van der Waals surface area contributed by atoms with Gasteiger partial charge in [-0.15, -0.1) is 0 Å². The zero-order chi connectivity index (χ0) is 11.7. The first-order valence-electron chi connectivity index (χ1n) is 5.14. The maximum Gasteiger partial charge on any atom is 0.306 e. The van der Waals surface area contributed by atoms with Crippen molar-refractivity contribution >= 4 is 21.9 Å². The van der Waals surface area contributed by atoms with Crippen LogP contribution in [-0.2, 0) is 9.53 Å². The number of halogens is 1. The second-order valence-corrected chi connectivity index (χ2v) is 4.34. The lowest BCUT2D eigenvalue weighted by atomic mass is 10.0. The van der Waals surface area contributed by atoms with E-state index >= 15 is 0 Å². The third-order valence-corrected chi connectivity index (χ3v) is 2.63. The number of alkyl halides is 1. The Bertz CT molecular complexity index is 206. The molecule has 86 valence electrons. The average Bonchev–Trinajstić information content (AvgIpc) is 2.23. The van der Waals surface area contributed by atoms with Crippen molar-refractivity contribution in [2.24, 2.45) is 5.92 Å². The highest BCUT2D eigenvalue weighted by atomic mass is 79.9. The Morgan fingerprint density at radius 1 is 1.40 bits per heavy atom. The van der Waals surface area contributed by atoms with Crippen LogP contribution in [0.3, 0.4) is 0 Å². The minimum absolute atomic E-state index is 0.179. The molecule has 0 bridgehead atoms. The summed E-state index contributed by atoms with van der Waals surface area (Å²) in [5.74, 6) is 0.365. The van der Waals surface area contributed by atoms with Gasteiger partial charge in [-0.05, 0) is 30.9 Å². The third kappa shape index (κ3) is 7.37. The van der Waals surface area contributed by atoms with Crippen molar-refractivity contribution in [3.63, 3.8) is 0 Å². The van der Waals surface area contributed by atoms with E-state index in [1.807, 2.05) is 0 Å². The summed E-state index contributed by atoms with van der Waals surface area (Å²) in [6.45, 7) is 9.24. The van der Waals surface area contributed by atoms with Crippen LogP contribution in [0.15, 0.2) is 25.3 Å². The highest BCUT2D eigenvalue weighted by Gasteiger charge is 2.09. The van der Waals surface area contributed by atoms with Crippen molar-refractivity contribution in [2.75, 3.05) is 5.33 Å². The van der Waals surface area contributed by atoms with Gasteiger partial charge in [0.15, 0.2) is 0 Å². The van der Waals surface area contributed by atoms with Crippen LogP contribution < -0.4 is 0 Å². The largest absolute Gasteiger partial charge is 0.454 e. The Balaban J connectivity index is 3.73. The molecule has 0 aliphatic heterocycles.